The van der Waals surface area contributed by atoms with Crippen molar-refractivity contribution in [1.29, 1.82) is 0 Å². The monoisotopic (exact) mass is 533 g/mol. The van der Waals surface area contributed by atoms with E-state index in [9.17, 15) is 14.4 Å². The molecule has 3 rings (SSSR count). The molecule has 2 aromatic rings. The van der Waals surface area contributed by atoms with Crippen LogP contribution in [0.15, 0.2) is 48.5 Å². The first-order valence-electron chi connectivity index (χ1n) is 12.0. The first kappa shape index (κ1) is 31.7. The second kappa shape index (κ2) is 14.4. The fourth-order valence-corrected chi connectivity index (χ4v) is 4.26. The summed E-state index contributed by atoms with van der Waals surface area (Å²) in [6.45, 7) is 7.18. The van der Waals surface area contributed by atoms with Crippen molar-refractivity contribution in [2.45, 2.75) is 78.0 Å². The number of halogens is 1. The topological polar surface area (TPSA) is 83.5 Å². The molecule has 0 spiro atoms. The number of aliphatic carboxylic acids is 1. The summed E-state index contributed by atoms with van der Waals surface area (Å²) in [6, 6.07) is 15.6. The number of carbonyl (C=O) groups excluding carboxylic acids is 2. The molecule has 2 atom stereocenters. The van der Waals surface area contributed by atoms with Crippen molar-refractivity contribution in [2.24, 2.45) is 11.8 Å². The number of hydrogen-bond donors (Lipinski definition) is 3. The number of hydrogen-bond acceptors (Lipinski definition) is 4. The molecule has 1 amide bonds. The molecule has 0 saturated heterocycles. The van der Waals surface area contributed by atoms with Gasteiger partial charge in [0.2, 0.25) is 5.91 Å². The molecule has 5 nitrogen and oxygen atoms in total. The molecule has 0 bridgehead atoms. The van der Waals surface area contributed by atoms with Crippen LogP contribution in [-0.2, 0) is 20.8 Å². The predicted octanol–water partition coefficient (Wildman–Crippen LogP) is 6.87. The number of rotatable bonds is 8. The van der Waals surface area contributed by atoms with Gasteiger partial charge in [0, 0.05) is 5.02 Å². The van der Waals surface area contributed by atoms with Gasteiger partial charge < -0.3 is 10.4 Å². The summed E-state index contributed by atoms with van der Waals surface area (Å²) in [7, 11) is 0. The van der Waals surface area contributed by atoms with E-state index in [0.717, 1.165) is 47.4 Å². The highest BCUT2D eigenvalue weighted by atomic mass is 35.5. The van der Waals surface area contributed by atoms with Gasteiger partial charge in [0.05, 0.1) is 16.7 Å². The van der Waals surface area contributed by atoms with Gasteiger partial charge in [-0.1, -0.05) is 89.0 Å². The average Bonchev–Trinajstić information content (AvgIpc) is 3.30. The molecule has 0 heterocycles. The molecule has 1 aliphatic rings. The van der Waals surface area contributed by atoms with Crippen LogP contribution in [0.5, 0.6) is 0 Å². The fourth-order valence-electron chi connectivity index (χ4n) is 4.07. The second-order valence-electron chi connectivity index (χ2n) is 9.67. The molecule has 7 heteroatoms. The van der Waals surface area contributed by atoms with Gasteiger partial charge >= 0.3 is 5.97 Å². The summed E-state index contributed by atoms with van der Waals surface area (Å²) in [6.07, 6.45) is 4.12. The van der Waals surface area contributed by atoms with Crippen molar-refractivity contribution < 1.29 is 19.5 Å². The summed E-state index contributed by atoms with van der Waals surface area (Å²) in [5, 5.41) is 12.2. The minimum absolute atomic E-state index is 0. The molecule has 198 valence electrons. The van der Waals surface area contributed by atoms with Crippen LogP contribution in [0.3, 0.4) is 0 Å². The van der Waals surface area contributed by atoms with Crippen molar-refractivity contribution in [3.8, 4) is 11.1 Å². The lowest BCUT2D eigenvalue weighted by molar-refractivity contribution is -0.141. The van der Waals surface area contributed by atoms with E-state index in [4.69, 9.17) is 16.7 Å². The van der Waals surface area contributed by atoms with Gasteiger partial charge in [0.25, 0.3) is 0 Å². The highest BCUT2D eigenvalue weighted by Gasteiger charge is 2.40. The number of benzene rings is 2. The Morgan fingerprint density at radius 1 is 0.972 bits per heavy atom. The molecule has 1 fully saturated rings. The first-order valence-corrected chi connectivity index (χ1v) is 12.9. The van der Waals surface area contributed by atoms with Gasteiger partial charge in [-0.05, 0) is 60.9 Å². The van der Waals surface area contributed by atoms with Crippen LogP contribution in [0.25, 0.3) is 11.1 Å². The lowest BCUT2D eigenvalue weighted by Crippen LogP contribution is -2.54. The molecule has 1 saturated carbocycles. The standard InChI is InChI=1S/C16H15ClO2.C12H21NO2S.CH4/c1-11(16(18)19)10-12-2-4-13(5-3-12)14-6-8-15(17)9-7-14;1-8(2)10(16)11(15)13-12(9(3)14)6-4-5-7-12;/h2-9,11H,10H2,1H3,(H,18,19);8,10,16H,4-7H2,1-3H3,(H,13,15);1H4. The third-order valence-electron chi connectivity index (χ3n) is 6.49. The van der Waals surface area contributed by atoms with Crippen LogP contribution in [0.4, 0.5) is 0 Å². The van der Waals surface area contributed by atoms with Gasteiger partial charge in [-0.25, -0.2) is 0 Å². The molecular formula is C29H40ClNO4S. The maximum absolute atomic E-state index is 11.9. The SMILES string of the molecule is C.CC(=O)C1(NC(=O)C(S)C(C)C)CCCC1.CC(Cc1ccc(-c2ccc(Cl)cc2)cc1)C(=O)O. The van der Waals surface area contributed by atoms with Crippen LogP contribution < -0.4 is 5.32 Å². The molecule has 0 aliphatic heterocycles. The Labute approximate surface area is 226 Å². The third kappa shape index (κ3) is 8.97. The zero-order valence-corrected chi connectivity index (χ0v) is 22.5. The Morgan fingerprint density at radius 2 is 1.44 bits per heavy atom. The van der Waals surface area contributed by atoms with Gasteiger partial charge in [0.1, 0.15) is 0 Å². The number of nitrogens with one attached hydrogen (secondary N) is 1. The normalized spacial score (nSPS) is 15.6. The Hall–Kier alpha value is -2.31. The number of thiol groups is 1. The number of ketones is 1. The van der Waals surface area contributed by atoms with E-state index in [-0.39, 0.29) is 36.2 Å². The Morgan fingerprint density at radius 3 is 1.86 bits per heavy atom. The molecule has 36 heavy (non-hydrogen) atoms. The maximum Gasteiger partial charge on any atom is 0.306 e. The van der Waals surface area contributed by atoms with E-state index >= 15 is 0 Å². The van der Waals surface area contributed by atoms with Crippen LogP contribution in [0, 0.1) is 11.8 Å². The summed E-state index contributed by atoms with van der Waals surface area (Å²) in [5.41, 5.74) is 2.63. The van der Waals surface area contributed by atoms with E-state index in [1.165, 1.54) is 0 Å². The predicted molar refractivity (Wildman–Crippen MR) is 152 cm³/mol. The van der Waals surface area contributed by atoms with Crippen molar-refractivity contribution >= 4 is 41.9 Å². The number of carboxylic acids is 1. The molecule has 0 aromatic heterocycles. The lowest BCUT2D eigenvalue weighted by atomic mass is 9.92. The minimum Gasteiger partial charge on any atom is -0.481 e. The van der Waals surface area contributed by atoms with Gasteiger partial charge in [-0.3, -0.25) is 14.4 Å². The largest absolute Gasteiger partial charge is 0.481 e. The lowest BCUT2D eigenvalue weighted by Gasteiger charge is -2.29. The zero-order valence-electron chi connectivity index (χ0n) is 20.9. The highest BCUT2D eigenvalue weighted by molar-refractivity contribution is 7.81. The Balaban J connectivity index is 0.000000356. The highest BCUT2D eigenvalue weighted by Crippen LogP contribution is 2.31. The number of Topliss-reactive ketones (excluding diaryl/α,β-unsaturated/α-hetero) is 1. The Bertz CT molecular complexity index is 999. The van der Waals surface area contributed by atoms with E-state index in [1.807, 2.05) is 62.4 Å². The smallest absolute Gasteiger partial charge is 0.306 e. The second-order valence-corrected chi connectivity index (χ2v) is 10.7. The Kier molecular flexibility index (Phi) is 12.7. The third-order valence-corrected chi connectivity index (χ3v) is 7.57. The fraction of sp³-hybridized carbons (Fsp3) is 0.483. The van der Waals surface area contributed by atoms with Crippen molar-refractivity contribution in [3.05, 3.63) is 59.1 Å². The average molecular weight is 534 g/mol. The van der Waals surface area contributed by atoms with Crippen LogP contribution in [-0.4, -0.2) is 33.6 Å². The van der Waals surface area contributed by atoms with Crippen LogP contribution >= 0.6 is 24.2 Å². The van der Waals surface area contributed by atoms with Crippen LogP contribution in [0.2, 0.25) is 5.02 Å². The molecule has 2 N–H and O–H groups in total. The van der Waals surface area contributed by atoms with Crippen molar-refractivity contribution in [1.82, 2.24) is 5.32 Å². The summed E-state index contributed by atoms with van der Waals surface area (Å²) in [4.78, 5) is 34.4. The van der Waals surface area contributed by atoms with Gasteiger partial charge in [0.15, 0.2) is 5.78 Å². The van der Waals surface area contributed by atoms with E-state index < -0.39 is 11.5 Å². The minimum atomic E-state index is -0.762. The number of amides is 1. The molecule has 1 aliphatic carbocycles. The van der Waals surface area contributed by atoms with Crippen LogP contribution in [0.1, 0.15) is 66.4 Å². The molecular weight excluding hydrogens is 494 g/mol. The van der Waals surface area contributed by atoms with Crippen molar-refractivity contribution in [2.75, 3.05) is 0 Å². The molecule has 2 unspecified atom stereocenters. The number of carbonyl (C=O) groups is 3. The summed E-state index contributed by atoms with van der Waals surface area (Å²) < 4.78 is 0. The quantitative estimate of drug-likeness (QED) is 0.323. The van der Waals surface area contributed by atoms with Gasteiger partial charge in [-0.2, -0.15) is 12.6 Å². The summed E-state index contributed by atoms with van der Waals surface area (Å²) in [5.74, 6) is -0.991. The first-order chi connectivity index (χ1) is 16.4. The van der Waals surface area contributed by atoms with Crippen molar-refractivity contribution in [3.63, 3.8) is 0 Å². The number of carboxylic acid groups (broad SMARTS) is 1. The zero-order chi connectivity index (χ0) is 26.2. The molecule has 0 radical (unpaired) electrons. The van der Waals surface area contributed by atoms with E-state index in [2.05, 4.69) is 17.9 Å². The van der Waals surface area contributed by atoms with E-state index in [1.54, 1.807) is 13.8 Å². The maximum atomic E-state index is 11.9. The molecule has 2 aromatic carbocycles. The summed E-state index contributed by atoms with van der Waals surface area (Å²) >= 11 is 10.1. The van der Waals surface area contributed by atoms with Gasteiger partial charge in [-0.15, -0.1) is 0 Å². The van der Waals surface area contributed by atoms with E-state index in [0.29, 0.717) is 6.42 Å².